The summed E-state index contributed by atoms with van der Waals surface area (Å²) in [5.41, 5.74) is 0. The van der Waals surface area contributed by atoms with E-state index >= 15 is 0 Å². The van der Waals surface area contributed by atoms with E-state index in [-0.39, 0.29) is 23.3 Å². The van der Waals surface area contributed by atoms with Crippen molar-refractivity contribution in [2.24, 2.45) is 14.1 Å². The molecule has 0 bridgehead atoms. The van der Waals surface area contributed by atoms with Gasteiger partial charge in [0.25, 0.3) is 0 Å². The number of aryl methyl sites for hydroxylation is 2. The number of piperazine rings is 1. The first-order chi connectivity index (χ1) is 10.00. The molecule has 10 heteroatoms. The number of nitrogens with one attached hydrogen (secondary N) is 1. The molecule has 1 atom stereocenters. The van der Waals surface area contributed by atoms with Gasteiger partial charge in [0.1, 0.15) is 10.7 Å². The molecule has 0 aromatic carbocycles. The molecule has 3 rings (SSSR count). The molecular formula is C12H19ClN6O2S. The van der Waals surface area contributed by atoms with Crippen LogP contribution in [0.1, 0.15) is 11.9 Å². The molecule has 2 aromatic rings. The average molecular weight is 347 g/mol. The fraction of sp³-hybridized carbons (Fsp3) is 0.500. The van der Waals surface area contributed by atoms with Crippen LogP contribution in [0.2, 0.25) is 0 Å². The number of imidazole rings is 1. The molecule has 8 nitrogen and oxygen atoms in total. The van der Waals surface area contributed by atoms with E-state index in [1.165, 1.54) is 21.4 Å². The Balaban J connectivity index is 0.00000176. The topological polar surface area (TPSA) is 85.0 Å². The Morgan fingerprint density at radius 3 is 2.73 bits per heavy atom. The lowest BCUT2D eigenvalue weighted by Crippen LogP contribution is -2.49. The molecule has 1 N–H and O–H groups in total. The predicted octanol–water partition coefficient (Wildman–Crippen LogP) is -0.0894. The van der Waals surface area contributed by atoms with E-state index in [0.29, 0.717) is 19.6 Å². The van der Waals surface area contributed by atoms with E-state index in [4.69, 9.17) is 0 Å². The highest BCUT2D eigenvalue weighted by atomic mass is 35.5. The minimum atomic E-state index is -3.58. The van der Waals surface area contributed by atoms with Crippen LogP contribution in [0.4, 0.5) is 0 Å². The number of nitrogens with zero attached hydrogens (tertiary/aromatic N) is 5. The van der Waals surface area contributed by atoms with Crippen LogP contribution in [0.3, 0.4) is 0 Å². The molecule has 0 radical (unpaired) electrons. The maximum absolute atomic E-state index is 12.8. The summed E-state index contributed by atoms with van der Waals surface area (Å²) in [5, 5.41) is 7.19. The summed E-state index contributed by atoms with van der Waals surface area (Å²) in [5.74, 6) is 0.731. The Morgan fingerprint density at radius 2 is 2.14 bits per heavy atom. The summed E-state index contributed by atoms with van der Waals surface area (Å²) >= 11 is 0. The zero-order valence-corrected chi connectivity index (χ0v) is 14.0. The minimum Gasteiger partial charge on any atom is -0.337 e. The van der Waals surface area contributed by atoms with Crippen molar-refractivity contribution < 1.29 is 8.42 Å². The van der Waals surface area contributed by atoms with E-state index in [2.05, 4.69) is 15.4 Å². The monoisotopic (exact) mass is 346 g/mol. The van der Waals surface area contributed by atoms with Gasteiger partial charge in [0.15, 0.2) is 0 Å². The van der Waals surface area contributed by atoms with E-state index < -0.39 is 10.0 Å². The number of hydrogen-bond donors (Lipinski definition) is 1. The van der Waals surface area contributed by atoms with Crippen molar-refractivity contribution in [1.82, 2.24) is 29.0 Å². The van der Waals surface area contributed by atoms with Gasteiger partial charge in [-0.15, -0.1) is 12.4 Å². The third kappa shape index (κ3) is 2.89. The molecule has 1 saturated heterocycles. The van der Waals surface area contributed by atoms with E-state index in [9.17, 15) is 8.42 Å². The molecule has 2 aromatic heterocycles. The number of halogens is 1. The van der Waals surface area contributed by atoms with Crippen LogP contribution in [0.5, 0.6) is 0 Å². The van der Waals surface area contributed by atoms with Gasteiger partial charge >= 0.3 is 0 Å². The number of aromatic nitrogens is 4. The summed E-state index contributed by atoms with van der Waals surface area (Å²) in [4.78, 5) is 4.51. The van der Waals surface area contributed by atoms with Crippen molar-refractivity contribution in [3.8, 4) is 0 Å². The lowest BCUT2D eigenvalue weighted by molar-refractivity contribution is 0.258. The summed E-state index contributed by atoms with van der Waals surface area (Å²) < 4.78 is 30.5. The van der Waals surface area contributed by atoms with E-state index in [1.807, 2.05) is 17.8 Å². The van der Waals surface area contributed by atoms with Crippen LogP contribution in [-0.4, -0.2) is 51.7 Å². The first-order valence-corrected chi connectivity index (χ1v) is 8.12. The van der Waals surface area contributed by atoms with Crippen molar-refractivity contribution in [3.05, 3.63) is 30.6 Å². The molecule has 122 valence electrons. The number of hydrogen-bond acceptors (Lipinski definition) is 5. The lowest BCUT2D eigenvalue weighted by Gasteiger charge is -2.34. The van der Waals surface area contributed by atoms with E-state index in [1.54, 1.807) is 13.2 Å². The predicted molar refractivity (Wildman–Crippen MR) is 83.2 cm³/mol. The highest BCUT2D eigenvalue weighted by Gasteiger charge is 2.36. The van der Waals surface area contributed by atoms with E-state index in [0.717, 1.165) is 5.82 Å². The Morgan fingerprint density at radius 1 is 1.36 bits per heavy atom. The second-order valence-corrected chi connectivity index (χ2v) is 6.97. The molecule has 22 heavy (non-hydrogen) atoms. The van der Waals surface area contributed by atoms with Crippen molar-refractivity contribution in [3.63, 3.8) is 0 Å². The smallest absolute Gasteiger partial charge is 0.246 e. The van der Waals surface area contributed by atoms with Crippen molar-refractivity contribution >= 4 is 22.4 Å². The molecule has 0 saturated carbocycles. The SMILES string of the molecule is Cl.Cn1cc(S(=O)(=O)N2CCNCC2c2nccn2C)cn1. The van der Waals surface area contributed by atoms with Gasteiger partial charge in [-0.05, 0) is 0 Å². The molecule has 1 unspecified atom stereocenters. The van der Waals surface area contributed by atoms with Gasteiger partial charge in [-0.3, -0.25) is 4.68 Å². The van der Waals surface area contributed by atoms with Crippen molar-refractivity contribution in [1.29, 1.82) is 0 Å². The van der Waals surface area contributed by atoms with Gasteiger partial charge in [0.05, 0.1) is 12.2 Å². The highest BCUT2D eigenvalue weighted by molar-refractivity contribution is 7.89. The summed E-state index contributed by atoms with van der Waals surface area (Å²) in [6, 6.07) is -0.316. The molecule has 1 fully saturated rings. The Bertz CT molecular complexity index is 740. The maximum atomic E-state index is 12.8. The lowest BCUT2D eigenvalue weighted by atomic mass is 10.2. The van der Waals surface area contributed by atoms with Gasteiger partial charge in [0.2, 0.25) is 10.0 Å². The molecule has 0 aliphatic carbocycles. The third-order valence-electron chi connectivity index (χ3n) is 3.64. The zero-order chi connectivity index (χ0) is 15.0. The molecule has 3 heterocycles. The van der Waals surface area contributed by atoms with Crippen molar-refractivity contribution in [2.45, 2.75) is 10.9 Å². The standard InChI is InChI=1S/C12H18N6O2S.ClH/c1-16-5-4-14-12(16)11-8-13-3-6-18(11)21(19,20)10-7-15-17(2)9-10;/h4-5,7,9,11,13H,3,6,8H2,1-2H3;1H. The van der Waals surface area contributed by atoms with Crippen LogP contribution in [-0.2, 0) is 24.1 Å². The van der Waals surface area contributed by atoms with Gasteiger partial charge < -0.3 is 9.88 Å². The number of sulfonamides is 1. The third-order valence-corrected chi connectivity index (χ3v) is 5.50. The highest BCUT2D eigenvalue weighted by Crippen LogP contribution is 2.27. The van der Waals surface area contributed by atoms with Crippen molar-refractivity contribution in [2.75, 3.05) is 19.6 Å². The minimum absolute atomic E-state index is 0. The first-order valence-electron chi connectivity index (χ1n) is 6.68. The largest absolute Gasteiger partial charge is 0.337 e. The summed E-state index contributed by atoms with van der Waals surface area (Å²) in [7, 11) is -0.00823. The quantitative estimate of drug-likeness (QED) is 0.839. The van der Waals surface area contributed by atoms with Crippen LogP contribution in [0.25, 0.3) is 0 Å². The number of rotatable bonds is 3. The maximum Gasteiger partial charge on any atom is 0.246 e. The van der Waals surface area contributed by atoms with Crippen LogP contribution < -0.4 is 5.32 Å². The molecule has 0 spiro atoms. The summed E-state index contributed by atoms with van der Waals surface area (Å²) in [6.07, 6.45) is 6.40. The molecule has 0 amide bonds. The van der Waals surface area contributed by atoms with Crippen LogP contribution in [0.15, 0.2) is 29.7 Å². The fourth-order valence-electron chi connectivity index (χ4n) is 2.56. The second-order valence-electron chi connectivity index (χ2n) is 5.08. The fourth-order valence-corrected chi connectivity index (χ4v) is 4.13. The first kappa shape index (κ1) is 16.9. The zero-order valence-electron chi connectivity index (χ0n) is 12.4. The molecule has 1 aliphatic rings. The van der Waals surface area contributed by atoms with Gasteiger partial charge in [0, 0.05) is 52.3 Å². The Hall–Kier alpha value is -1.42. The average Bonchev–Trinajstić information content (AvgIpc) is 3.08. The van der Waals surface area contributed by atoms with Gasteiger partial charge in [-0.2, -0.15) is 9.40 Å². The van der Waals surface area contributed by atoms with Crippen LogP contribution >= 0.6 is 12.4 Å². The Labute approximate surface area is 135 Å². The molecule has 1 aliphatic heterocycles. The normalized spacial score (nSPS) is 19.8. The van der Waals surface area contributed by atoms with Crippen LogP contribution in [0, 0.1) is 0 Å². The van der Waals surface area contributed by atoms with Gasteiger partial charge in [-0.25, -0.2) is 13.4 Å². The summed E-state index contributed by atoms with van der Waals surface area (Å²) in [6.45, 7) is 1.58. The molecular weight excluding hydrogens is 328 g/mol. The Kier molecular flexibility index (Phi) is 4.90. The van der Waals surface area contributed by atoms with Gasteiger partial charge in [-0.1, -0.05) is 0 Å². The second kappa shape index (κ2) is 6.37.